The number of benzene rings is 1. The van der Waals surface area contributed by atoms with Crippen molar-refractivity contribution in [3.05, 3.63) is 23.5 Å². The Balaban J connectivity index is 2.55. The van der Waals surface area contributed by atoms with Crippen molar-refractivity contribution in [1.82, 2.24) is 0 Å². The van der Waals surface area contributed by atoms with Crippen LogP contribution in [0.1, 0.15) is 19.4 Å². The van der Waals surface area contributed by atoms with Crippen LogP contribution in [-0.2, 0) is 0 Å². The van der Waals surface area contributed by atoms with Crippen molar-refractivity contribution in [3.63, 3.8) is 0 Å². The second-order valence-electron chi connectivity index (χ2n) is 4.35. The van der Waals surface area contributed by atoms with Crippen LogP contribution >= 0.6 is 0 Å². The fourth-order valence-electron chi connectivity index (χ4n) is 1.71. The molecule has 0 aromatic heterocycles. The summed E-state index contributed by atoms with van der Waals surface area (Å²) in [6.07, 6.45) is 1.46. The Morgan fingerprint density at radius 3 is 2.29 bits per heavy atom. The molecular formula is C13H15FO3. The summed E-state index contributed by atoms with van der Waals surface area (Å²) in [7, 11) is 3.09. The highest BCUT2D eigenvalue weighted by atomic mass is 19.1. The van der Waals surface area contributed by atoms with Gasteiger partial charge in [0, 0.05) is 11.6 Å². The van der Waals surface area contributed by atoms with Gasteiger partial charge in [0.1, 0.15) is 11.6 Å². The highest BCUT2D eigenvalue weighted by Gasteiger charge is 2.31. The van der Waals surface area contributed by atoms with E-state index in [1.807, 2.05) is 0 Å². The molecule has 92 valence electrons. The van der Waals surface area contributed by atoms with Crippen molar-refractivity contribution in [2.24, 2.45) is 0 Å². The molecule has 1 aromatic rings. The van der Waals surface area contributed by atoms with E-state index in [0.717, 1.165) is 0 Å². The summed E-state index contributed by atoms with van der Waals surface area (Å²) in [4.78, 5) is 0. The predicted octanol–water partition coefficient (Wildman–Crippen LogP) is 3.19. The van der Waals surface area contributed by atoms with Gasteiger partial charge in [0.2, 0.25) is 0 Å². The van der Waals surface area contributed by atoms with E-state index in [9.17, 15) is 4.39 Å². The Kier molecular flexibility index (Phi) is 2.73. The lowest BCUT2D eigenvalue weighted by Crippen LogP contribution is -2.31. The highest BCUT2D eigenvalue weighted by molar-refractivity contribution is 5.67. The van der Waals surface area contributed by atoms with E-state index >= 15 is 0 Å². The topological polar surface area (TPSA) is 27.7 Å². The van der Waals surface area contributed by atoms with Crippen molar-refractivity contribution in [2.45, 2.75) is 19.4 Å². The van der Waals surface area contributed by atoms with Crippen molar-refractivity contribution < 1.29 is 18.6 Å². The second-order valence-corrected chi connectivity index (χ2v) is 4.35. The Hall–Kier alpha value is -1.71. The summed E-state index contributed by atoms with van der Waals surface area (Å²) in [6, 6.07) is 3.40. The van der Waals surface area contributed by atoms with Crippen LogP contribution in [0.2, 0.25) is 0 Å². The summed E-state index contributed by atoms with van der Waals surface area (Å²) in [6.45, 7) is 3.36. The van der Waals surface area contributed by atoms with E-state index in [-0.39, 0.29) is 5.83 Å². The fraction of sp³-hybridized carbons (Fsp3) is 0.385. The lowest BCUT2D eigenvalue weighted by molar-refractivity contribution is 0.118. The molecular weight excluding hydrogens is 223 g/mol. The zero-order valence-corrected chi connectivity index (χ0v) is 10.3. The van der Waals surface area contributed by atoms with Gasteiger partial charge in [0.05, 0.1) is 14.2 Å². The van der Waals surface area contributed by atoms with Crippen LogP contribution in [-0.4, -0.2) is 19.8 Å². The molecule has 1 aromatic carbocycles. The highest BCUT2D eigenvalue weighted by Crippen LogP contribution is 2.42. The normalized spacial score (nSPS) is 16.6. The van der Waals surface area contributed by atoms with E-state index in [2.05, 4.69) is 0 Å². The maximum absolute atomic E-state index is 13.7. The third-order valence-corrected chi connectivity index (χ3v) is 2.74. The molecule has 0 radical (unpaired) electrons. The number of hydrogen-bond donors (Lipinski definition) is 0. The number of methoxy groups -OCH3 is 2. The summed E-state index contributed by atoms with van der Waals surface area (Å²) < 4.78 is 29.7. The number of rotatable bonds is 2. The van der Waals surface area contributed by atoms with Crippen molar-refractivity contribution in [1.29, 1.82) is 0 Å². The molecule has 0 aliphatic carbocycles. The van der Waals surface area contributed by atoms with Crippen LogP contribution in [0.25, 0.3) is 6.08 Å². The van der Waals surface area contributed by atoms with Gasteiger partial charge < -0.3 is 14.2 Å². The Morgan fingerprint density at radius 2 is 1.71 bits per heavy atom. The molecule has 1 aliphatic heterocycles. The van der Waals surface area contributed by atoms with Crippen LogP contribution in [0.15, 0.2) is 18.0 Å². The minimum Gasteiger partial charge on any atom is -0.493 e. The van der Waals surface area contributed by atoms with Gasteiger partial charge in [-0.25, -0.2) is 4.39 Å². The van der Waals surface area contributed by atoms with Crippen molar-refractivity contribution in [2.75, 3.05) is 14.2 Å². The molecule has 1 aliphatic rings. The van der Waals surface area contributed by atoms with Gasteiger partial charge in [-0.3, -0.25) is 0 Å². The van der Waals surface area contributed by atoms with Crippen LogP contribution in [0, 0.1) is 0 Å². The van der Waals surface area contributed by atoms with E-state index in [4.69, 9.17) is 14.2 Å². The second kappa shape index (κ2) is 3.95. The van der Waals surface area contributed by atoms with E-state index in [1.165, 1.54) is 13.2 Å². The monoisotopic (exact) mass is 238 g/mol. The predicted molar refractivity (Wildman–Crippen MR) is 63.3 cm³/mol. The molecule has 0 fully saturated rings. The molecule has 0 N–H and O–H groups in total. The first-order chi connectivity index (χ1) is 7.97. The molecule has 0 bridgehead atoms. The molecule has 0 unspecified atom stereocenters. The molecule has 3 nitrogen and oxygen atoms in total. The third-order valence-electron chi connectivity index (χ3n) is 2.74. The average molecular weight is 238 g/mol. The summed E-state index contributed by atoms with van der Waals surface area (Å²) >= 11 is 0. The number of ether oxygens (including phenoxy) is 3. The lowest BCUT2D eigenvalue weighted by atomic mass is 10.0. The Labute approximate surface area is 99.8 Å². The first-order valence-corrected chi connectivity index (χ1v) is 5.30. The number of fused-ring (bicyclic) bond motifs is 1. The van der Waals surface area contributed by atoms with Crippen molar-refractivity contribution in [3.8, 4) is 17.2 Å². The molecule has 0 spiro atoms. The molecule has 17 heavy (non-hydrogen) atoms. The summed E-state index contributed by atoms with van der Waals surface area (Å²) in [5.74, 6) is 1.41. The molecule has 0 atom stereocenters. The van der Waals surface area contributed by atoms with Crippen LogP contribution in [0.3, 0.4) is 0 Å². The Bertz CT molecular complexity index is 478. The maximum atomic E-state index is 13.7. The van der Waals surface area contributed by atoms with Gasteiger partial charge in [-0.2, -0.15) is 0 Å². The maximum Gasteiger partial charge on any atom is 0.164 e. The van der Waals surface area contributed by atoms with Gasteiger partial charge >= 0.3 is 0 Å². The third kappa shape index (κ3) is 1.95. The van der Waals surface area contributed by atoms with Gasteiger partial charge in [-0.15, -0.1) is 0 Å². The fourth-order valence-corrected chi connectivity index (χ4v) is 1.71. The van der Waals surface area contributed by atoms with E-state index in [0.29, 0.717) is 22.8 Å². The van der Waals surface area contributed by atoms with E-state index in [1.54, 1.807) is 33.1 Å². The van der Waals surface area contributed by atoms with Crippen LogP contribution < -0.4 is 14.2 Å². The summed E-state index contributed by atoms with van der Waals surface area (Å²) in [5.41, 5.74) is -0.286. The molecule has 0 saturated heterocycles. The molecule has 1 heterocycles. The SMILES string of the molecule is COc1cc2c(cc1OC)OC(C)(C)C(F)=C2. The largest absolute Gasteiger partial charge is 0.493 e. The van der Waals surface area contributed by atoms with Gasteiger partial charge in [-0.1, -0.05) is 0 Å². The van der Waals surface area contributed by atoms with Crippen molar-refractivity contribution >= 4 is 6.08 Å². The first-order valence-electron chi connectivity index (χ1n) is 5.30. The minimum atomic E-state index is -0.938. The standard InChI is InChI=1S/C13H15FO3/c1-13(2)12(14)6-8-5-10(15-3)11(16-4)7-9(8)17-13/h5-7H,1-4H3. The van der Waals surface area contributed by atoms with E-state index < -0.39 is 5.60 Å². The summed E-state index contributed by atoms with van der Waals surface area (Å²) in [5, 5.41) is 0. The quantitative estimate of drug-likeness (QED) is 0.792. The zero-order chi connectivity index (χ0) is 12.6. The smallest absolute Gasteiger partial charge is 0.164 e. The molecule has 0 saturated carbocycles. The van der Waals surface area contributed by atoms with Gasteiger partial charge in [0.15, 0.2) is 17.1 Å². The van der Waals surface area contributed by atoms with Crippen LogP contribution in [0.5, 0.6) is 17.2 Å². The number of halogens is 1. The van der Waals surface area contributed by atoms with Gasteiger partial charge in [0.25, 0.3) is 0 Å². The van der Waals surface area contributed by atoms with Gasteiger partial charge in [-0.05, 0) is 26.0 Å². The molecule has 2 rings (SSSR count). The average Bonchev–Trinajstić information content (AvgIpc) is 2.28. The number of hydrogen-bond acceptors (Lipinski definition) is 3. The minimum absolute atomic E-state index is 0.308. The first kappa shape index (κ1) is 11.8. The molecule has 4 heteroatoms. The molecule has 0 amide bonds. The Morgan fingerprint density at radius 1 is 1.12 bits per heavy atom. The lowest BCUT2D eigenvalue weighted by Gasteiger charge is -2.30. The zero-order valence-electron chi connectivity index (χ0n) is 10.3. The van der Waals surface area contributed by atoms with Crippen LogP contribution in [0.4, 0.5) is 4.39 Å².